The standard InChI is InChI=1S/C18H18N3O2/c22-14-21(16-9-5-2-6-10-16)18(23)20-12-11-19-13-17(20)15-7-3-1-4-8-15/h1-10,17,19H,11-13H2. The predicted molar refractivity (Wildman–Crippen MR) is 88.8 cm³/mol. The molecule has 0 spiro atoms. The molecule has 1 aliphatic heterocycles. The quantitative estimate of drug-likeness (QED) is 0.886. The molecule has 1 unspecified atom stereocenters. The van der Waals surface area contributed by atoms with Gasteiger partial charge in [0.15, 0.2) is 0 Å². The average Bonchev–Trinajstić information content (AvgIpc) is 2.64. The number of piperazine rings is 1. The first-order chi connectivity index (χ1) is 11.3. The molecule has 2 aromatic rings. The Balaban J connectivity index is 1.88. The van der Waals surface area contributed by atoms with E-state index in [9.17, 15) is 9.59 Å². The molecule has 1 radical (unpaired) electrons. The highest BCUT2D eigenvalue weighted by atomic mass is 16.2. The van der Waals surface area contributed by atoms with Gasteiger partial charge >= 0.3 is 12.4 Å². The van der Waals surface area contributed by atoms with E-state index in [4.69, 9.17) is 0 Å². The molecule has 1 aliphatic rings. The zero-order valence-electron chi connectivity index (χ0n) is 12.7. The summed E-state index contributed by atoms with van der Waals surface area (Å²) >= 11 is 0. The summed E-state index contributed by atoms with van der Waals surface area (Å²) in [4.78, 5) is 27.0. The molecule has 5 heteroatoms. The Labute approximate surface area is 135 Å². The maximum atomic E-state index is 12.9. The Bertz CT molecular complexity index is 660. The number of hydrogen-bond acceptors (Lipinski definition) is 3. The van der Waals surface area contributed by atoms with Gasteiger partial charge in [-0.05, 0) is 17.7 Å². The molecule has 1 N–H and O–H groups in total. The molecule has 3 amide bonds. The van der Waals surface area contributed by atoms with Crippen LogP contribution in [0.1, 0.15) is 11.6 Å². The Morgan fingerprint density at radius 2 is 1.74 bits per heavy atom. The van der Waals surface area contributed by atoms with Crippen molar-refractivity contribution in [2.45, 2.75) is 6.04 Å². The number of hydrogen-bond donors (Lipinski definition) is 1. The first-order valence-corrected chi connectivity index (χ1v) is 7.60. The van der Waals surface area contributed by atoms with Crippen LogP contribution < -0.4 is 10.2 Å². The third-order valence-corrected chi connectivity index (χ3v) is 3.97. The van der Waals surface area contributed by atoms with Crippen molar-refractivity contribution >= 4 is 18.1 Å². The van der Waals surface area contributed by atoms with Gasteiger partial charge in [0.2, 0.25) is 0 Å². The molecule has 117 valence electrons. The summed E-state index contributed by atoms with van der Waals surface area (Å²) in [6, 6.07) is 18.3. The Hall–Kier alpha value is -2.66. The summed E-state index contributed by atoms with van der Waals surface area (Å²) in [5, 5.41) is 3.30. The van der Waals surface area contributed by atoms with E-state index in [1.54, 1.807) is 35.6 Å². The summed E-state index contributed by atoms with van der Waals surface area (Å²) < 4.78 is 0. The molecule has 5 nitrogen and oxygen atoms in total. The van der Waals surface area contributed by atoms with E-state index in [1.807, 2.05) is 36.4 Å². The number of amides is 3. The summed E-state index contributed by atoms with van der Waals surface area (Å²) in [5.74, 6) is 0. The molecule has 1 heterocycles. The van der Waals surface area contributed by atoms with Crippen LogP contribution >= 0.6 is 0 Å². The van der Waals surface area contributed by atoms with Gasteiger partial charge in [0, 0.05) is 19.6 Å². The van der Waals surface area contributed by atoms with Crippen molar-refractivity contribution in [3.8, 4) is 0 Å². The molecule has 0 saturated carbocycles. The van der Waals surface area contributed by atoms with E-state index in [0.717, 1.165) is 10.5 Å². The van der Waals surface area contributed by atoms with Gasteiger partial charge in [0.05, 0.1) is 11.7 Å². The molecule has 2 aromatic carbocycles. The average molecular weight is 308 g/mol. The summed E-state index contributed by atoms with van der Waals surface area (Å²) in [6.45, 7) is 1.91. The van der Waals surface area contributed by atoms with Crippen molar-refractivity contribution in [1.29, 1.82) is 0 Å². The van der Waals surface area contributed by atoms with Gasteiger partial charge in [-0.2, -0.15) is 0 Å². The second-order valence-corrected chi connectivity index (χ2v) is 5.37. The zero-order chi connectivity index (χ0) is 16.1. The van der Waals surface area contributed by atoms with Crippen LogP contribution in [0.4, 0.5) is 10.5 Å². The number of urea groups is 1. The number of carbonyl (C=O) groups excluding carboxylic acids is 2. The molecular weight excluding hydrogens is 290 g/mol. The van der Waals surface area contributed by atoms with E-state index < -0.39 is 0 Å². The van der Waals surface area contributed by atoms with Gasteiger partial charge in [0.1, 0.15) is 0 Å². The lowest BCUT2D eigenvalue weighted by Crippen LogP contribution is -2.53. The molecule has 1 atom stereocenters. The van der Waals surface area contributed by atoms with Crippen LogP contribution in [0.2, 0.25) is 0 Å². The second kappa shape index (κ2) is 7.07. The summed E-state index contributed by atoms with van der Waals surface area (Å²) in [7, 11) is 0. The maximum absolute atomic E-state index is 12.9. The molecule has 3 rings (SSSR count). The van der Waals surface area contributed by atoms with Crippen molar-refractivity contribution in [1.82, 2.24) is 10.2 Å². The highest BCUT2D eigenvalue weighted by molar-refractivity contribution is 6.06. The highest BCUT2D eigenvalue weighted by Gasteiger charge is 2.31. The molecular formula is C18H18N3O2. The van der Waals surface area contributed by atoms with Crippen LogP contribution in [-0.4, -0.2) is 37.0 Å². The van der Waals surface area contributed by atoms with Gasteiger partial charge < -0.3 is 10.2 Å². The minimum absolute atomic E-state index is 0.1000. The second-order valence-electron chi connectivity index (χ2n) is 5.37. The molecule has 0 bridgehead atoms. The number of imide groups is 1. The van der Waals surface area contributed by atoms with Crippen LogP contribution in [0.15, 0.2) is 60.7 Å². The lowest BCUT2D eigenvalue weighted by molar-refractivity contribution is 0.167. The minimum atomic E-state index is -0.346. The molecule has 1 fully saturated rings. The van der Waals surface area contributed by atoms with Crippen molar-refractivity contribution in [3.05, 3.63) is 66.2 Å². The fourth-order valence-corrected chi connectivity index (χ4v) is 2.81. The Morgan fingerprint density at radius 1 is 1.09 bits per heavy atom. The van der Waals surface area contributed by atoms with E-state index in [0.29, 0.717) is 25.3 Å². The number of anilines is 1. The number of nitrogens with one attached hydrogen (secondary N) is 1. The summed E-state index contributed by atoms with van der Waals surface area (Å²) in [6.07, 6.45) is 1.76. The third-order valence-electron chi connectivity index (χ3n) is 3.97. The molecule has 0 aliphatic carbocycles. The number of para-hydroxylation sites is 1. The first kappa shape index (κ1) is 15.2. The van der Waals surface area contributed by atoms with Crippen LogP contribution in [0, 0.1) is 0 Å². The Kier molecular flexibility index (Phi) is 4.68. The third kappa shape index (κ3) is 3.24. The predicted octanol–water partition coefficient (Wildman–Crippen LogP) is 2.33. The number of carbonyl (C=O) groups is 1. The number of nitrogens with zero attached hydrogens (tertiary/aromatic N) is 2. The number of benzene rings is 2. The largest absolute Gasteiger partial charge is 0.332 e. The normalized spacial score (nSPS) is 17.6. The van der Waals surface area contributed by atoms with Gasteiger partial charge in [-0.25, -0.2) is 9.69 Å². The number of rotatable bonds is 3. The lowest BCUT2D eigenvalue weighted by Gasteiger charge is -2.38. The topological polar surface area (TPSA) is 52.7 Å². The maximum Gasteiger partial charge on any atom is 0.332 e. The Morgan fingerprint density at radius 3 is 2.39 bits per heavy atom. The van der Waals surface area contributed by atoms with Crippen LogP contribution in [0.5, 0.6) is 0 Å². The zero-order valence-corrected chi connectivity index (χ0v) is 12.7. The fraction of sp³-hybridized carbons (Fsp3) is 0.222. The SMILES string of the molecule is O=[C]N(C(=O)N1CCNCC1c1ccccc1)c1ccccc1. The van der Waals surface area contributed by atoms with Crippen molar-refractivity contribution in [2.75, 3.05) is 24.5 Å². The fourth-order valence-electron chi connectivity index (χ4n) is 2.81. The van der Waals surface area contributed by atoms with Crippen molar-refractivity contribution in [2.24, 2.45) is 0 Å². The van der Waals surface area contributed by atoms with Crippen molar-refractivity contribution < 1.29 is 9.59 Å². The molecule has 0 aromatic heterocycles. The van der Waals surface area contributed by atoms with Crippen LogP contribution in [0.3, 0.4) is 0 Å². The van der Waals surface area contributed by atoms with Gasteiger partial charge in [-0.1, -0.05) is 48.5 Å². The van der Waals surface area contributed by atoms with E-state index in [-0.39, 0.29) is 12.1 Å². The smallest absolute Gasteiger partial charge is 0.314 e. The molecule has 1 saturated heterocycles. The van der Waals surface area contributed by atoms with Crippen LogP contribution in [-0.2, 0) is 4.79 Å². The van der Waals surface area contributed by atoms with Crippen LogP contribution in [0.25, 0.3) is 0 Å². The van der Waals surface area contributed by atoms with E-state index in [2.05, 4.69) is 5.32 Å². The van der Waals surface area contributed by atoms with Crippen molar-refractivity contribution in [3.63, 3.8) is 0 Å². The van der Waals surface area contributed by atoms with Gasteiger partial charge in [-0.3, -0.25) is 4.79 Å². The first-order valence-electron chi connectivity index (χ1n) is 7.60. The van der Waals surface area contributed by atoms with Gasteiger partial charge in [0.25, 0.3) is 0 Å². The monoisotopic (exact) mass is 308 g/mol. The highest BCUT2D eigenvalue weighted by Crippen LogP contribution is 2.24. The van der Waals surface area contributed by atoms with E-state index in [1.165, 1.54) is 0 Å². The molecule has 23 heavy (non-hydrogen) atoms. The van der Waals surface area contributed by atoms with E-state index >= 15 is 0 Å². The minimum Gasteiger partial charge on any atom is -0.314 e. The van der Waals surface area contributed by atoms with Gasteiger partial charge in [-0.15, -0.1) is 0 Å². The summed E-state index contributed by atoms with van der Waals surface area (Å²) in [5.41, 5.74) is 1.57. The lowest BCUT2D eigenvalue weighted by atomic mass is 10.0.